The lowest BCUT2D eigenvalue weighted by Crippen LogP contribution is -2.45. The predicted octanol–water partition coefficient (Wildman–Crippen LogP) is 3.17. The van der Waals surface area contributed by atoms with E-state index in [-0.39, 0.29) is 18.7 Å². The number of furan rings is 1. The second-order valence-corrected chi connectivity index (χ2v) is 6.94. The van der Waals surface area contributed by atoms with Crippen molar-refractivity contribution in [1.82, 2.24) is 4.90 Å². The Hall–Kier alpha value is -0.850. The molecule has 124 valence electrons. The number of morpholine rings is 1. The van der Waals surface area contributed by atoms with Crippen molar-refractivity contribution in [3.8, 4) is 0 Å². The Morgan fingerprint density at radius 3 is 2.73 bits per heavy atom. The summed E-state index contributed by atoms with van der Waals surface area (Å²) < 4.78 is 17.2. The normalized spacial score (nSPS) is 19.6. The van der Waals surface area contributed by atoms with Gasteiger partial charge in [-0.05, 0) is 35.7 Å². The fourth-order valence-electron chi connectivity index (χ4n) is 2.69. The molecule has 2 rings (SSSR count). The molecular weight excluding hydrogens is 350 g/mol. The van der Waals surface area contributed by atoms with Crippen LogP contribution in [0, 0.1) is 19.8 Å². The van der Waals surface area contributed by atoms with E-state index >= 15 is 0 Å². The van der Waals surface area contributed by atoms with Crippen LogP contribution in [-0.4, -0.2) is 49.8 Å². The van der Waals surface area contributed by atoms with Gasteiger partial charge in [0.25, 0.3) is 0 Å². The summed E-state index contributed by atoms with van der Waals surface area (Å²) in [5.74, 6) is 1.50. The molecule has 1 aliphatic rings. The molecule has 1 aromatic rings. The second kappa shape index (κ2) is 7.62. The maximum Gasteiger partial charge on any atom is 0.342 e. The van der Waals surface area contributed by atoms with Crippen LogP contribution in [0.2, 0.25) is 0 Å². The van der Waals surface area contributed by atoms with E-state index in [1.807, 2.05) is 6.92 Å². The Kier molecular flexibility index (Phi) is 6.06. The van der Waals surface area contributed by atoms with Gasteiger partial charge in [0.2, 0.25) is 0 Å². The largest absolute Gasteiger partial charge is 0.465 e. The van der Waals surface area contributed by atoms with Crippen LogP contribution in [0.1, 0.15) is 35.7 Å². The molecule has 0 amide bonds. The first kappa shape index (κ1) is 17.5. The van der Waals surface area contributed by atoms with E-state index in [0.29, 0.717) is 34.1 Å². The molecule has 0 radical (unpaired) electrons. The first-order chi connectivity index (χ1) is 10.4. The summed E-state index contributed by atoms with van der Waals surface area (Å²) in [7, 11) is 0. The molecule has 0 spiro atoms. The SMILES string of the molecule is Cc1oc(C)c(C(=O)OCC2CN(CC(C)C)CCO2)c1Br. The van der Waals surface area contributed by atoms with Crippen LogP contribution in [0.5, 0.6) is 0 Å². The van der Waals surface area contributed by atoms with Gasteiger partial charge in [-0.3, -0.25) is 4.90 Å². The van der Waals surface area contributed by atoms with E-state index in [9.17, 15) is 4.79 Å². The van der Waals surface area contributed by atoms with Crippen LogP contribution in [-0.2, 0) is 9.47 Å². The van der Waals surface area contributed by atoms with Gasteiger partial charge in [0.1, 0.15) is 29.8 Å². The maximum atomic E-state index is 12.2. The second-order valence-electron chi connectivity index (χ2n) is 6.15. The average Bonchev–Trinajstić information content (AvgIpc) is 2.69. The third-order valence-corrected chi connectivity index (χ3v) is 4.59. The summed E-state index contributed by atoms with van der Waals surface area (Å²) in [5.41, 5.74) is 0.465. The summed E-state index contributed by atoms with van der Waals surface area (Å²) in [5, 5.41) is 0. The Balaban J connectivity index is 1.88. The molecule has 1 atom stereocenters. The van der Waals surface area contributed by atoms with Crippen molar-refractivity contribution < 1.29 is 18.7 Å². The smallest absolute Gasteiger partial charge is 0.342 e. The lowest BCUT2D eigenvalue weighted by Gasteiger charge is -2.33. The number of hydrogen-bond donors (Lipinski definition) is 0. The van der Waals surface area contributed by atoms with Crippen LogP contribution in [0.25, 0.3) is 0 Å². The van der Waals surface area contributed by atoms with Gasteiger partial charge in [0.05, 0.1) is 11.1 Å². The minimum Gasteiger partial charge on any atom is -0.465 e. The van der Waals surface area contributed by atoms with Gasteiger partial charge in [-0.1, -0.05) is 13.8 Å². The summed E-state index contributed by atoms with van der Waals surface area (Å²) in [6.07, 6.45) is -0.0662. The van der Waals surface area contributed by atoms with E-state index < -0.39 is 0 Å². The lowest BCUT2D eigenvalue weighted by molar-refractivity contribution is -0.0613. The number of nitrogens with zero attached hydrogens (tertiary/aromatic N) is 1. The Labute approximate surface area is 140 Å². The molecule has 1 fully saturated rings. The molecule has 0 bridgehead atoms. The minimum atomic E-state index is -0.370. The average molecular weight is 374 g/mol. The highest BCUT2D eigenvalue weighted by Gasteiger charge is 2.25. The topological polar surface area (TPSA) is 51.9 Å². The standard InChI is InChI=1S/C16H24BrNO4/c1-10(2)7-18-5-6-20-13(8-18)9-21-16(19)14-11(3)22-12(4)15(14)17/h10,13H,5-9H2,1-4H3. The first-order valence-corrected chi connectivity index (χ1v) is 8.44. The molecule has 2 heterocycles. The molecule has 0 aromatic carbocycles. The fraction of sp³-hybridized carbons (Fsp3) is 0.688. The molecule has 22 heavy (non-hydrogen) atoms. The lowest BCUT2D eigenvalue weighted by atomic mass is 10.2. The van der Waals surface area contributed by atoms with Gasteiger partial charge < -0.3 is 13.9 Å². The molecule has 6 heteroatoms. The van der Waals surface area contributed by atoms with E-state index in [2.05, 4.69) is 34.7 Å². The number of halogens is 1. The van der Waals surface area contributed by atoms with E-state index in [1.165, 1.54) is 0 Å². The van der Waals surface area contributed by atoms with Gasteiger partial charge in [0.15, 0.2) is 0 Å². The van der Waals surface area contributed by atoms with Crippen molar-refractivity contribution in [2.75, 3.05) is 32.8 Å². The van der Waals surface area contributed by atoms with Gasteiger partial charge in [0, 0.05) is 19.6 Å². The first-order valence-electron chi connectivity index (χ1n) is 7.65. The third kappa shape index (κ3) is 4.33. The molecule has 0 N–H and O–H groups in total. The monoisotopic (exact) mass is 373 g/mol. The quantitative estimate of drug-likeness (QED) is 0.741. The maximum absolute atomic E-state index is 12.2. The summed E-state index contributed by atoms with van der Waals surface area (Å²) in [6.45, 7) is 11.7. The minimum absolute atomic E-state index is 0.0662. The Morgan fingerprint density at radius 1 is 1.41 bits per heavy atom. The van der Waals surface area contributed by atoms with Crippen LogP contribution >= 0.6 is 15.9 Å². The Bertz CT molecular complexity index is 526. The van der Waals surface area contributed by atoms with Gasteiger partial charge in [-0.15, -0.1) is 0 Å². The number of hydrogen-bond acceptors (Lipinski definition) is 5. The number of aryl methyl sites for hydroxylation is 2. The molecule has 1 saturated heterocycles. The van der Waals surface area contributed by atoms with Crippen molar-refractivity contribution in [2.24, 2.45) is 5.92 Å². The van der Waals surface area contributed by atoms with Gasteiger partial charge in [-0.25, -0.2) is 4.79 Å². The van der Waals surface area contributed by atoms with Crippen LogP contribution in [0.15, 0.2) is 8.89 Å². The predicted molar refractivity (Wildman–Crippen MR) is 87.2 cm³/mol. The fourth-order valence-corrected chi connectivity index (χ4v) is 3.22. The van der Waals surface area contributed by atoms with Crippen LogP contribution in [0.4, 0.5) is 0 Å². The zero-order valence-electron chi connectivity index (χ0n) is 13.6. The van der Waals surface area contributed by atoms with Crippen LogP contribution < -0.4 is 0 Å². The van der Waals surface area contributed by atoms with Crippen molar-refractivity contribution in [1.29, 1.82) is 0 Å². The summed E-state index contributed by atoms with van der Waals surface area (Å²) in [6, 6.07) is 0. The Morgan fingerprint density at radius 2 is 2.14 bits per heavy atom. The van der Waals surface area contributed by atoms with Crippen molar-refractivity contribution >= 4 is 21.9 Å². The molecule has 1 aliphatic heterocycles. The highest BCUT2D eigenvalue weighted by Crippen LogP contribution is 2.28. The van der Waals surface area contributed by atoms with Gasteiger partial charge in [-0.2, -0.15) is 0 Å². The zero-order chi connectivity index (χ0) is 16.3. The van der Waals surface area contributed by atoms with E-state index in [0.717, 1.165) is 19.6 Å². The summed E-state index contributed by atoms with van der Waals surface area (Å²) in [4.78, 5) is 14.6. The molecular formula is C16H24BrNO4. The number of carbonyl (C=O) groups excluding carboxylic acids is 1. The molecule has 0 saturated carbocycles. The van der Waals surface area contributed by atoms with Crippen LogP contribution in [0.3, 0.4) is 0 Å². The highest BCUT2D eigenvalue weighted by atomic mass is 79.9. The van der Waals surface area contributed by atoms with Crippen molar-refractivity contribution in [2.45, 2.75) is 33.8 Å². The summed E-state index contributed by atoms with van der Waals surface area (Å²) >= 11 is 3.37. The molecule has 1 aromatic heterocycles. The highest BCUT2D eigenvalue weighted by molar-refractivity contribution is 9.10. The van der Waals surface area contributed by atoms with E-state index in [1.54, 1.807) is 6.92 Å². The van der Waals surface area contributed by atoms with Gasteiger partial charge >= 0.3 is 5.97 Å². The number of esters is 1. The molecule has 5 nitrogen and oxygen atoms in total. The number of carbonyl (C=O) groups is 1. The third-order valence-electron chi connectivity index (χ3n) is 3.64. The van der Waals surface area contributed by atoms with E-state index in [4.69, 9.17) is 13.9 Å². The molecule has 0 aliphatic carbocycles. The zero-order valence-corrected chi connectivity index (χ0v) is 15.2. The number of ether oxygens (including phenoxy) is 2. The molecule has 1 unspecified atom stereocenters. The van der Waals surface area contributed by atoms with Crippen molar-refractivity contribution in [3.63, 3.8) is 0 Å². The van der Waals surface area contributed by atoms with Crippen molar-refractivity contribution in [3.05, 3.63) is 21.6 Å². The number of rotatable bonds is 5.